The Morgan fingerprint density at radius 3 is 2.27 bits per heavy atom. The molecule has 0 saturated carbocycles. The summed E-state index contributed by atoms with van der Waals surface area (Å²) in [6.07, 6.45) is 1.96. The van der Waals surface area contributed by atoms with Crippen molar-refractivity contribution in [3.05, 3.63) is 34.9 Å². The summed E-state index contributed by atoms with van der Waals surface area (Å²) in [5, 5.41) is 2.48. The van der Waals surface area contributed by atoms with E-state index in [2.05, 4.69) is 5.32 Å². The topological polar surface area (TPSA) is 38.3 Å². The van der Waals surface area contributed by atoms with Crippen LogP contribution in [0.15, 0.2) is 6.07 Å². The van der Waals surface area contributed by atoms with E-state index in [9.17, 15) is 22.4 Å². The van der Waals surface area contributed by atoms with Crippen molar-refractivity contribution in [2.75, 3.05) is 13.2 Å². The molecular formula is C15H17F4NO2. The van der Waals surface area contributed by atoms with Crippen molar-refractivity contribution in [1.82, 2.24) is 5.32 Å². The van der Waals surface area contributed by atoms with Crippen LogP contribution in [0.25, 0.3) is 0 Å². The molecule has 1 atom stereocenters. The Bertz CT molecular complexity index is 533. The lowest BCUT2D eigenvalue weighted by Gasteiger charge is -2.30. The fraction of sp³-hybridized carbons (Fsp3) is 0.533. The molecule has 1 heterocycles. The third kappa shape index (κ3) is 3.40. The standard InChI is InChI=1S/C15H17F4NO2/c1-2-11(8-3-5-22-6-4-8)20-15(21)12-13(18)9(16)7-10(17)14(12)19/h7-8,11H,2-6H2,1H3,(H,20,21). The number of carbonyl (C=O) groups is 1. The van der Waals surface area contributed by atoms with Gasteiger partial charge in [-0.2, -0.15) is 0 Å². The summed E-state index contributed by atoms with van der Waals surface area (Å²) in [6, 6.07) is -0.251. The Morgan fingerprint density at radius 1 is 1.23 bits per heavy atom. The molecule has 0 aliphatic carbocycles. The van der Waals surface area contributed by atoms with Crippen molar-refractivity contribution in [1.29, 1.82) is 0 Å². The van der Waals surface area contributed by atoms with Crippen molar-refractivity contribution in [2.45, 2.75) is 32.2 Å². The second-order valence-corrected chi connectivity index (χ2v) is 5.28. The molecule has 2 rings (SSSR count). The summed E-state index contributed by atoms with van der Waals surface area (Å²) in [5.74, 6) is -7.60. The molecule has 1 saturated heterocycles. The third-order valence-electron chi connectivity index (χ3n) is 3.93. The lowest BCUT2D eigenvalue weighted by atomic mass is 9.90. The smallest absolute Gasteiger partial charge is 0.257 e. The largest absolute Gasteiger partial charge is 0.381 e. The molecule has 0 radical (unpaired) electrons. The van der Waals surface area contributed by atoms with Gasteiger partial charge in [0.2, 0.25) is 0 Å². The van der Waals surface area contributed by atoms with Gasteiger partial charge in [-0.05, 0) is 25.2 Å². The summed E-state index contributed by atoms with van der Waals surface area (Å²) in [6.45, 7) is 2.92. The molecular weight excluding hydrogens is 302 g/mol. The Kier molecular flexibility index (Phi) is 5.39. The lowest BCUT2D eigenvalue weighted by Crippen LogP contribution is -2.42. The molecule has 1 aromatic carbocycles. The molecule has 1 unspecified atom stereocenters. The molecule has 1 aliphatic heterocycles. The maximum Gasteiger partial charge on any atom is 0.257 e. The number of carbonyl (C=O) groups excluding carboxylic acids is 1. The van der Waals surface area contributed by atoms with Crippen molar-refractivity contribution in [3.8, 4) is 0 Å². The van der Waals surface area contributed by atoms with Gasteiger partial charge in [0.25, 0.3) is 5.91 Å². The van der Waals surface area contributed by atoms with Crippen molar-refractivity contribution >= 4 is 5.91 Å². The van der Waals surface area contributed by atoms with Crippen LogP contribution in [0.1, 0.15) is 36.5 Å². The van der Waals surface area contributed by atoms with Crippen LogP contribution in [0.3, 0.4) is 0 Å². The van der Waals surface area contributed by atoms with Gasteiger partial charge in [-0.25, -0.2) is 17.6 Å². The first-order valence-electron chi connectivity index (χ1n) is 7.17. The van der Waals surface area contributed by atoms with Crippen LogP contribution in [-0.4, -0.2) is 25.2 Å². The number of rotatable bonds is 4. The predicted octanol–water partition coefficient (Wildman–Crippen LogP) is 3.18. The van der Waals surface area contributed by atoms with Gasteiger partial charge in [-0.15, -0.1) is 0 Å². The molecule has 1 amide bonds. The molecule has 0 bridgehead atoms. The van der Waals surface area contributed by atoms with E-state index in [1.165, 1.54) is 0 Å². The van der Waals surface area contributed by atoms with Gasteiger partial charge in [0.1, 0.15) is 5.56 Å². The van der Waals surface area contributed by atoms with Crippen LogP contribution in [0, 0.1) is 29.2 Å². The normalized spacial score (nSPS) is 17.3. The highest BCUT2D eigenvalue weighted by Crippen LogP contribution is 2.23. The van der Waals surface area contributed by atoms with E-state index in [0.29, 0.717) is 32.5 Å². The zero-order valence-corrected chi connectivity index (χ0v) is 12.1. The highest BCUT2D eigenvalue weighted by atomic mass is 19.2. The van der Waals surface area contributed by atoms with Gasteiger partial charge in [0.05, 0.1) is 0 Å². The van der Waals surface area contributed by atoms with Gasteiger partial charge in [0, 0.05) is 25.3 Å². The fourth-order valence-electron chi connectivity index (χ4n) is 2.68. The number of nitrogens with one attached hydrogen (secondary N) is 1. The van der Waals surface area contributed by atoms with Gasteiger partial charge in [0.15, 0.2) is 23.3 Å². The number of halogens is 4. The van der Waals surface area contributed by atoms with Crippen LogP contribution >= 0.6 is 0 Å². The van der Waals surface area contributed by atoms with Gasteiger partial charge in [-0.3, -0.25) is 4.79 Å². The number of hydrogen-bond donors (Lipinski definition) is 1. The molecule has 1 N–H and O–H groups in total. The Morgan fingerprint density at radius 2 is 1.77 bits per heavy atom. The molecule has 3 nitrogen and oxygen atoms in total. The molecule has 0 aromatic heterocycles. The average Bonchev–Trinajstić information content (AvgIpc) is 2.52. The fourth-order valence-corrected chi connectivity index (χ4v) is 2.68. The Balaban J connectivity index is 2.20. The summed E-state index contributed by atoms with van der Waals surface area (Å²) >= 11 is 0. The zero-order valence-electron chi connectivity index (χ0n) is 12.1. The van der Waals surface area contributed by atoms with Crippen LogP contribution in [0.4, 0.5) is 17.6 Å². The number of hydrogen-bond acceptors (Lipinski definition) is 2. The average molecular weight is 319 g/mol. The quantitative estimate of drug-likeness (QED) is 0.684. The highest BCUT2D eigenvalue weighted by Gasteiger charge is 2.29. The first-order valence-corrected chi connectivity index (χ1v) is 7.17. The van der Waals surface area contributed by atoms with Crippen molar-refractivity contribution in [3.63, 3.8) is 0 Å². The Hall–Kier alpha value is -1.63. The number of amides is 1. The van der Waals surface area contributed by atoms with E-state index in [1.54, 1.807) is 0 Å². The molecule has 1 aromatic rings. The SMILES string of the molecule is CCC(NC(=O)c1c(F)c(F)cc(F)c1F)C1CCOCC1. The van der Waals surface area contributed by atoms with Gasteiger partial charge >= 0.3 is 0 Å². The number of ether oxygens (including phenoxy) is 1. The number of benzene rings is 1. The molecule has 0 spiro atoms. The molecule has 7 heteroatoms. The van der Waals surface area contributed by atoms with E-state index in [1.807, 2.05) is 6.92 Å². The monoisotopic (exact) mass is 319 g/mol. The third-order valence-corrected chi connectivity index (χ3v) is 3.93. The molecule has 1 fully saturated rings. The summed E-state index contributed by atoms with van der Waals surface area (Å²) in [4.78, 5) is 12.0. The maximum atomic E-state index is 13.6. The van der Waals surface area contributed by atoms with E-state index < -0.39 is 34.7 Å². The highest BCUT2D eigenvalue weighted by molar-refractivity contribution is 5.95. The maximum absolute atomic E-state index is 13.6. The lowest BCUT2D eigenvalue weighted by molar-refractivity contribution is 0.0509. The van der Waals surface area contributed by atoms with Crippen LogP contribution < -0.4 is 5.32 Å². The minimum atomic E-state index is -1.68. The summed E-state index contributed by atoms with van der Waals surface area (Å²) < 4.78 is 58.8. The predicted molar refractivity (Wildman–Crippen MR) is 71.4 cm³/mol. The second kappa shape index (κ2) is 7.09. The molecule has 22 heavy (non-hydrogen) atoms. The van der Waals surface area contributed by atoms with Gasteiger partial charge < -0.3 is 10.1 Å². The van der Waals surface area contributed by atoms with E-state index in [4.69, 9.17) is 4.74 Å². The van der Waals surface area contributed by atoms with E-state index in [-0.39, 0.29) is 18.0 Å². The van der Waals surface area contributed by atoms with Crippen LogP contribution in [0.2, 0.25) is 0 Å². The summed E-state index contributed by atoms with van der Waals surface area (Å²) in [7, 11) is 0. The second-order valence-electron chi connectivity index (χ2n) is 5.28. The molecule has 1 aliphatic rings. The minimum Gasteiger partial charge on any atom is -0.381 e. The molecule has 122 valence electrons. The first-order chi connectivity index (χ1) is 10.5. The summed E-state index contributed by atoms with van der Waals surface area (Å²) in [5.41, 5.74) is -1.22. The van der Waals surface area contributed by atoms with Crippen LogP contribution in [-0.2, 0) is 4.74 Å². The Labute approximate surface area is 125 Å². The van der Waals surface area contributed by atoms with Gasteiger partial charge in [-0.1, -0.05) is 6.92 Å². The van der Waals surface area contributed by atoms with E-state index >= 15 is 0 Å². The van der Waals surface area contributed by atoms with Crippen LogP contribution in [0.5, 0.6) is 0 Å². The van der Waals surface area contributed by atoms with E-state index in [0.717, 1.165) is 0 Å². The minimum absolute atomic E-state index is 0.0806. The van der Waals surface area contributed by atoms with Crippen molar-refractivity contribution in [2.24, 2.45) is 5.92 Å². The zero-order chi connectivity index (χ0) is 16.3. The first kappa shape index (κ1) is 16.7. The van der Waals surface area contributed by atoms with Crippen molar-refractivity contribution < 1.29 is 27.1 Å².